The lowest BCUT2D eigenvalue weighted by atomic mass is 9.98. The lowest BCUT2D eigenvalue weighted by Crippen LogP contribution is -2.46. The molecule has 5 heteroatoms. The first-order chi connectivity index (χ1) is 10.1. The maximum absolute atomic E-state index is 13.0. The fourth-order valence-electron chi connectivity index (χ4n) is 3.92. The molecule has 1 amide bonds. The number of rotatable bonds is 4. The van der Waals surface area contributed by atoms with Crippen LogP contribution in [-0.4, -0.2) is 55.0 Å². The van der Waals surface area contributed by atoms with Gasteiger partial charge in [0, 0.05) is 0 Å². The maximum Gasteiger partial charge on any atom is 0.244 e. The number of nitrogens with zero attached hydrogens (tertiary/aromatic N) is 1. The highest BCUT2D eigenvalue weighted by atomic mass is 16.6. The van der Waals surface area contributed by atoms with Crippen molar-refractivity contribution in [3.05, 3.63) is 0 Å². The molecule has 1 spiro atoms. The third kappa shape index (κ3) is 3.10. The van der Waals surface area contributed by atoms with Crippen LogP contribution in [0.5, 0.6) is 0 Å². The average Bonchev–Trinajstić information content (AvgIpc) is 3.02. The molecule has 5 nitrogen and oxygen atoms in total. The van der Waals surface area contributed by atoms with Crippen molar-refractivity contribution in [3.63, 3.8) is 0 Å². The maximum atomic E-state index is 13.0. The zero-order valence-electron chi connectivity index (χ0n) is 13.3. The molecule has 1 saturated carbocycles. The quantitative estimate of drug-likeness (QED) is 0.854. The van der Waals surface area contributed by atoms with Gasteiger partial charge in [0.05, 0.1) is 44.2 Å². The van der Waals surface area contributed by atoms with Gasteiger partial charge in [-0.25, -0.2) is 0 Å². The minimum absolute atomic E-state index is 0.0238. The molecule has 0 aromatic carbocycles. The third-order valence-electron chi connectivity index (χ3n) is 4.93. The molecule has 2 heterocycles. The SMILES string of the molecule is CC(C)CC1NC2(CCCC2)C(=O)N1CC1COCCO1. The zero-order valence-corrected chi connectivity index (χ0v) is 13.3. The van der Waals surface area contributed by atoms with E-state index in [9.17, 15) is 4.79 Å². The first-order valence-electron chi connectivity index (χ1n) is 8.39. The zero-order chi connectivity index (χ0) is 14.9. The summed E-state index contributed by atoms with van der Waals surface area (Å²) in [5.74, 6) is 0.859. The number of carbonyl (C=O) groups excluding carboxylic acids is 1. The van der Waals surface area contributed by atoms with Gasteiger partial charge in [0.1, 0.15) is 0 Å². The summed E-state index contributed by atoms with van der Waals surface area (Å²) in [5.41, 5.74) is -0.283. The van der Waals surface area contributed by atoms with Crippen LogP contribution in [0.15, 0.2) is 0 Å². The highest BCUT2D eigenvalue weighted by Crippen LogP contribution is 2.37. The molecule has 21 heavy (non-hydrogen) atoms. The van der Waals surface area contributed by atoms with Crippen LogP contribution in [0.4, 0.5) is 0 Å². The van der Waals surface area contributed by atoms with Gasteiger partial charge >= 0.3 is 0 Å². The van der Waals surface area contributed by atoms with Crippen molar-refractivity contribution in [3.8, 4) is 0 Å². The van der Waals surface area contributed by atoms with Crippen molar-refractivity contribution in [2.75, 3.05) is 26.4 Å². The molecule has 1 N–H and O–H groups in total. The fraction of sp³-hybridized carbons (Fsp3) is 0.938. The monoisotopic (exact) mass is 296 g/mol. The van der Waals surface area contributed by atoms with Crippen LogP contribution in [0.1, 0.15) is 46.0 Å². The molecule has 0 radical (unpaired) electrons. The van der Waals surface area contributed by atoms with Crippen LogP contribution in [0.3, 0.4) is 0 Å². The topological polar surface area (TPSA) is 50.8 Å². The van der Waals surface area contributed by atoms with Gasteiger partial charge < -0.3 is 14.4 Å². The molecular weight excluding hydrogens is 268 g/mol. The lowest BCUT2D eigenvalue weighted by molar-refractivity contribution is -0.139. The van der Waals surface area contributed by atoms with E-state index in [4.69, 9.17) is 9.47 Å². The normalized spacial score (nSPS) is 32.5. The number of nitrogens with one attached hydrogen (secondary N) is 1. The van der Waals surface area contributed by atoms with Crippen molar-refractivity contribution >= 4 is 5.91 Å². The van der Waals surface area contributed by atoms with E-state index >= 15 is 0 Å². The first kappa shape index (κ1) is 15.3. The van der Waals surface area contributed by atoms with Gasteiger partial charge in [-0.05, 0) is 25.2 Å². The van der Waals surface area contributed by atoms with E-state index < -0.39 is 0 Å². The molecule has 1 aliphatic carbocycles. The summed E-state index contributed by atoms with van der Waals surface area (Å²) in [6.07, 6.45) is 5.46. The van der Waals surface area contributed by atoms with E-state index in [1.54, 1.807) is 0 Å². The number of carbonyl (C=O) groups is 1. The minimum atomic E-state index is -0.283. The summed E-state index contributed by atoms with van der Waals surface area (Å²) in [7, 11) is 0. The van der Waals surface area contributed by atoms with E-state index in [-0.39, 0.29) is 17.8 Å². The summed E-state index contributed by atoms with van der Waals surface area (Å²) in [4.78, 5) is 15.0. The summed E-state index contributed by atoms with van der Waals surface area (Å²) in [5, 5.41) is 3.67. The molecule has 2 atom stereocenters. The predicted molar refractivity (Wildman–Crippen MR) is 79.8 cm³/mol. The predicted octanol–water partition coefficient (Wildman–Crippen LogP) is 1.52. The van der Waals surface area contributed by atoms with Crippen molar-refractivity contribution in [2.45, 2.75) is 63.8 Å². The van der Waals surface area contributed by atoms with E-state index in [2.05, 4.69) is 19.2 Å². The van der Waals surface area contributed by atoms with Crippen LogP contribution in [0, 0.1) is 5.92 Å². The van der Waals surface area contributed by atoms with Gasteiger partial charge in [0.15, 0.2) is 0 Å². The van der Waals surface area contributed by atoms with Crippen molar-refractivity contribution in [1.82, 2.24) is 10.2 Å². The van der Waals surface area contributed by atoms with E-state index in [0.717, 1.165) is 32.1 Å². The molecule has 0 aromatic rings. The molecular formula is C16H28N2O3. The summed E-state index contributed by atoms with van der Waals surface area (Å²) in [6.45, 7) is 6.99. The molecule has 0 bridgehead atoms. The van der Waals surface area contributed by atoms with Gasteiger partial charge in [-0.3, -0.25) is 10.1 Å². The van der Waals surface area contributed by atoms with Crippen LogP contribution >= 0.6 is 0 Å². The van der Waals surface area contributed by atoms with Gasteiger partial charge in [-0.1, -0.05) is 26.7 Å². The summed E-state index contributed by atoms with van der Waals surface area (Å²) >= 11 is 0. The molecule has 2 unspecified atom stereocenters. The smallest absolute Gasteiger partial charge is 0.244 e. The third-order valence-corrected chi connectivity index (χ3v) is 4.93. The second kappa shape index (κ2) is 6.23. The Balaban J connectivity index is 1.71. The lowest BCUT2D eigenvalue weighted by Gasteiger charge is -2.31. The Morgan fingerprint density at radius 1 is 1.33 bits per heavy atom. The van der Waals surface area contributed by atoms with Crippen LogP contribution < -0.4 is 5.32 Å². The molecule has 3 fully saturated rings. The van der Waals surface area contributed by atoms with Crippen molar-refractivity contribution in [1.29, 1.82) is 0 Å². The van der Waals surface area contributed by atoms with Crippen LogP contribution in [-0.2, 0) is 14.3 Å². The highest BCUT2D eigenvalue weighted by molar-refractivity contribution is 5.89. The van der Waals surface area contributed by atoms with Gasteiger partial charge in [0.25, 0.3) is 0 Å². The summed E-state index contributed by atoms with van der Waals surface area (Å²) in [6, 6.07) is 0. The number of ether oxygens (including phenoxy) is 2. The Morgan fingerprint density at radius 2 is 2.10 bits per heavy atom. The number of hydrogen-bond acceptors (Lipinski definition) is 4. The Hall–Kier alpha value is -0.650. The van der Waals surface area contributed by atoms with Crippen LogP contribution in [0.25, 0.3) is 0 Å². The first-order valence-corrected chi connectivity index (χ1v) is 8.39. The highest BCUT2D eigenvalue weighted by Gasteiger charge is 2.52. The molecule has 2 aliphatic heterocycles. The molecule has 120 valence electrons. The molecule has 2 saturated heterocycles. The Kier molecular flexibility index (Phi) is 4.52. The average molecular weight is 296 g/mol. The molecule has 3 rings (SSSR count). The van der Waals surface area contributed by atoms with Crippen molar-refractivity contribution < 1.29 is 14.3 Å². The Labute approximate surface area is 127 Å². The number of hydrogen-bond donors (Lipinski definition) is 1. The van der Waals surface area contributed by atoms with Gasteiger partial charge in [-0.15, -0.1) is 0 Å². The summed E-state index contributed by atoms with van der Waals surface area (Å²) < 4.78 is 11.2. The van der Waals surface area contributed by atoms with Crippen molar-refractivity contribution in [2.24, 2.45) is 5.92 Å². The molecule has 3 aliphatic rings. The van der Waals surface area contributed by atoms with Crippen LogP contribution in [0.2, 0.25) is 0 Å². The van der Waals surface area contributed by atoms with Gasteiger partial charge in [-0.2, -0.15) is 0 Å². The largest absolute Gasteiger partial charge is 0.376 e. The van der Waals surface area contributed by atoms with E-state index in [0.29, 0.717) is 38.2 Å². The van der Waals surface area contributed by atoms with E-state index in [1.807, 2.05) is 4.90 Å². The van der Waals surface area contributed by atoms with E-state index in [1.165, 1.54) is 0 Å². The second-order valence-corrected chi connectivity index (χ2v) is 7.10. The standard InChI is InChI=1S/C16H28N2O3/c1-12(2)9-14-17-16(5-3-4-6-16)15(19)18(14)10-13-11-20-7-8-21-13/h12-14,17H,3-11H2,1-2H3. The number of amides is 1. The second-order valence-electron chi connectivity index (χ2n) is 7.10. The Morgan fingerprint density at radius 3 is 2.71 bits per heavy atom. The minimum Gasteiger partial charge on any atom is -0.376 e. The molecule has 0 aromatic heterocycles. The fourth-order valence-corrected chi connectivity index (χ4v) is 3.92. The van der Waals surface area contributed by atoms with Gasteiger partial charge in [0.2, 0.25) is 5.91 Å². The Bertz CT molecular complexity index is 374.